The summed E-state index contributed by atoms with van der Waals surface area (Å²) in [7, 11) is -2.67. The smallest absolute Gasteiger partial charge is 0.144 e. The maximum atomic E-state index is 9.63. The van der Waals surface area contributed by atoms with Crippen molar-refractivity contribution in [3.8, 4) is 0 Å². The number of hydrogen-bond acceptors (Lipinski definition) is 2. The lowest BCUT2D eigenvalue weighted by Crippen LogP contribution is -1.86. The standard InChI is InChI=1S/C10H8.C4H10.C2H6O2S.C2H6/c1-2-6-10-8-4-3-7-9(10)5-1;1-3-4-2;1-5(2,3)4;1-2/h1-8H;3-4H2,1-2H3;1-2H3;1-2H3. The molecule has 2 aromatic rings. The van der Waals surface area contributed by atoms with Crippen LogP contribution >= 0.6 is 0 Å². The van der Waals surface area contributed by atoms with Crippen LogP contribution in [0.2, 0.25) is 0 Å². The number of sulfone groups is 1. The van der Waals surface area contributed by atoms with Gasteiger partial charge in [0.2, 0.25) is 0 Å². The number of rotatable bonds is 1. The van der Waals surface area contributed by atoms with Gasteiger partial charge >= 0.3 is 0 Å². The third-order valence-corrected chi connectivity index (χ3v) is 2.16. The topological polar surface area (TPSA) is 34.1 Å². The molecule has 0 fully saturated rings. The van der Waals surface area contributed by atoms with Crippen LogP contribution in [0.5, 0.6) is 0 Å². The molecule has 0 amide bonds. The van der Waals surface area contributed by atoms with Crippen LogP contribution in [0.3, 0.4) is 0 Å². The minimum atomic E-state index is -2.67. The molecule has 2 aromatic carbocycles. The molecular formula is C18H30O2S. The van der Waals surface area contributed by atoms with Gasteiger partial charge in [0.15, 0.2) is 0 Å². The van der Waals surface area contributed by atoms with E-state index in [4.69, 9.17) is 0 Å². The summed E-state index contributed by atoms with van der Waals surface area (Å²) in [6, 6.07) is 16.7. The predicted molar refractivity (Wildman–Crippen MR) is 96.6 cm³/mol. The van der Waals surface area contributed by atoms with E-state index in [9.17, 15) is 8.42 Å². The first-order valence-electron chi connectivity index (χ1n) is 7.47. The Morgan fingerprint density at radius 3 is 1.05 bits per heavy atom. The molecule has 0 aliphatic rings. The van der Waals surface area contributed by atoms with Crippen molar-refractivity contribution in [2.24, 2.45) is 0 Å². The summed E-state index contributed by atoms with van der Waals surface area (Å²) >= 11 is 0. The fourth-order valence-electron chi connectivity index (χ4n) is 1.13. The molecule has 120 valence electrons. The van der Waals surface area contributed by atoms with E-state index in [0.29, 0.717) is 0 Å². The average Bonchev–Trinajstić information content (AvgIpc) is 2.48. The molecule has 0 atom stereocenters. The van der Waals surface area contributed by atoms with Gasteiger partial charge in [-0.2, -0.15) is 0 Å². The molecule has 0 aromatic heterocycles. The largest absolute Gasteiger partial charge is 0.229 e. The maximum absolute atomic E-state index is 9.63. The molecule has 2 rings (SSSR count). The first-order chi connectivity index (χ1) is 9.88. The van der Waals surface area contributed by atoms with E-state index < -0.39 is 9.84 Å². The minimum absolute atomic E-state index is 1.16. The van der Waals surface area contributed by atoms with Crippen molar-refractivity contribution in [2.75, 3.05) is 12.5 Å². The second kappa shape index (κ2) is 13.6. The number of benzene rings is 2. The second-order valence-corrected chi connectivity index (χ2v) is 6.78. The third kappa shape index (κ3) is 16.6. The summed E-state index contributed by atoms with van der Waals surface area (Å²) in [5.74, 6) is 0. The quantitative estimate of drug-likeness (QED) is 0.713. The molecule has 0 aliphatic heterocycles. The summed E-state index contributed by atoms with van der Waals surface area (Å²) < 4.78 is 19.3. The molecule has 3 heteroatoms. The summed E-state index contributed by atoms with van der Waals surface area (Å²) in [5.41, 5.74) is 0. The van der Waals surface area contributed by atoms with Crippen LogP contribution in [0, 0.1) is 0 Å². The molecule has 0 bridgehead atoms. The van der Waals surface area contributed by atoms with Crippen molar-refractivity contribution >= 4 is 20.6 Å². The van der Waals surface area contributed by atoms with Crippen LogP contribution in [0.1, 0.15) is 40.5 Å². The van der Waals surface area contributed by atoms with Gasteiger partial charge in [0.25, 0.3) is 0 Å². The number of fused-ring (bicyclic) bond motifs is 1. The minimum Gasteiger partial charge on any atom is -0.229 e. The molecule has 0 saturated carbocycles. The Morgan fingerprint density at radius 2 is 0.905 bits per heavy atom. The first-order valence-corrected chi connectivity index (χ1v) is 9.77. The van der Waals surface area contributed by atoms with E-state index in [2.05, 4.69) is 62.4 Å². The normalized spacial score (nSPS) is 9.24. The van der Waals surface area contributed by atoms with Gasteiger partial charge in [-0.25, -0.2) is 8.42 Å². The zero-order valence-electron chi connectivity index (χ0n) is 14.3. The molecule has 0 N–H and O–H groups in total. The predicted octanol–water partition coefficient (Wildman–Crippen LogP) is 5.33. The number of hydrogen-bond donors (Lipinski definition) is 0. The lowest BCUT2D eigenvalue weighted by atomic mass is 10.1. The SMILES string of the molecule is CC.CCCC.CS(C)(=O)=O.c1ccc2ccccc2c1. The molecule has 0 heterocycles. The molecule has 2 nitrogen and oxygen atoms in total. The van der Waals surface area contributed by atoms with Gasteiger partial charge < -0.3 is 0 Å². The van der Waals surface area contributed by atoms with Gasteiger partial charge in [-0.05, 0) is 10.8 Å². The van der Waals surface area contributed by atoms with Gasteiger partial charge in [-0.15, -0.1) is 0 Å². The first kappa shape index (κ1) is 21.9. The van der Waals surface area contributed by atoms with Crippen LogP contribution in [-0.2, 0) is 9.84 Å². The second-order valence-electron chi connectivity index (χ2n) is 4.49. The van der Waals surface area contributed by atoms with Crippen molar-refractivity contribution in [3.63, 3.8) is 0 Å². The van der Waals surface area contributed by atoms with Gasteiger partial charge in [-0.1, -0.05) is 89.1 Å². The summed E-state index contributed by atoms with van der Waals surface area (Å²) in [5, 5.41) is 2.62. The van der Waals surface area contributed by atoms with Crippen LogP contribution in [-0.4, -0.2) is 20.9 Å². The fraction of sp³-hybridized carbons (Fsp3) is 0.444. The Morgan fingerprint density at radius 1 is 0.714 bits per heavy atom. The Kier molecular flexibility index (Phi) is 14.2. The van der Waals surface area contributed by atoms with Gasteiger partial charge in [0.05, 0.1) is 0 Å². The van der Waals surface area contributed by atoms with Crippen LogP contribution in [0.4, 0.5) is 0 Å². The maximum Gasteiger partial charge on any atom is 0.144 e. The van der Waals surface area contributed by atoms with E-state index in [1.54, 1.807) is 0 Å². The van der Waals surface area contributed by atoms with Crippen LogP contribution in [0.15, 0.2) is 48.5 Å². The Hall–Kier alpha value is -1.35. The molecule has 0 spiro atoms. The zero-order chi connectivity index (χ0) is 16.7. The van der Waals surface area contributed by atoms with E-state index in [-0.39, 0.29) is 0 Å². The van der Waals surface area contributed by atoms with E-state index in [0.717, 1.165) is 12.5 Å². The van der Waals surface area contributed by atoms with Gasteiger partial charge in [0, 0.05) is 12.5 Å². The summed E-state index contributed by atoms with van der Waals surface area (Å²) in [4.78, 5) is 0. The average molecular weight is 311 g/mol. The summed E-state index contributed by atoms with van der Waals surface area (Å²) in [6.07, 6.45) is 4.96. The Labute approximate surface area is 131 Å². The van der Waals surface area contributed by atoms with Crippen molar-refractivity contribution in [1.29, 1.82) is 0 Å². The van der Waals surface area contributed by atoms with Gasteiger partial charge in [-0.3, -0.25) is 0 Å². The molecule has 0 unspecified atom stereocenters. The van der Waals surface area contributed by atoms with Crippen molar-refractivity contribution < 1.29 is 8.42 Å². The third-order valence-electron chi connectivity index (χ3n) is 2.16. The van der Waals surface area contributed by atoms with Crippen LogP contribution in [0.25, 0.3) is 10.8 Å². The monoisotopic (exact) mass is 310 g/mol. The Bertz CT molecular complexity index is 485. The lowest BCUT2D eigenvalue weighted by Gasteiger charge is -1.92. The molecular weight excluding hydrogens is 280 g/mol. The van der Waals surface area contributed by atoms with E-state index in [1.165, 1.54) is 23.6 Å². The molecule has 0 radical (unpaired) electrons. The highest BCUT2D eigenvalue weighted by atomic mass is 32.2. The molecule has 0 aliphatic carbocycles. The van der Waals surface area contributed by atoms with E-state index >= 15 is 0 Å². The van der Waals surface area contributed by atoms with Crippen LogP contribution < -0.4 is 0 Å². The van der Waals surface area contributed by atoms with Crippen molar-refractivity contribution in [3.05, 3.63) is 48.5 Å². The van der Waals surface area contributed by atoms with Crippen molar-refractivity contribution in [2.45, 2.75) is 40.5 Å². The lowest BCUT2D eigenvalue weighted by molar-refractivity contribution is 0.607. The zero-order valence-corrected chi connectivity index (χ0v) is 15.1. The molecule has 0 saturated heterocycles. The highest BCUT2D eigenvalue weighted by molar-refractivity contribution is 7.89. The van der Waals surface area contributed by atoms with Gasteiger partial charge in [0.1, 0.15) is 9.84 Å². The van der Waals surface area contributed by atoms with E-state index in [1.807, 2.05) is 13.8 Å². The fourth-order valence-corrected chi connectivity index (χ4v) is 1.13. The Balaban J connectivity index is 0. The van der Waals surface area contributed by atoms with Crippen molar-refractivity contribution in [1.82, 2.24) is 0 Å². The summed E-state index contributed by atoms with van der Waals surface area (Å²) in [6.45, 7) is 8.36. The highest BCUT2D eigenvalue weighted by Crippen LogP contribution is 2.11. The number of unbranched alkanes of at least 4 members (excludes halogenated alkanes) is 1. The highest BCUT2D eigenvalue weighted by Gasteiger charge is 1.85. The molecule has 21 heavy (non-hydrogen) atoms.